The zero-order valence-corrected chi connectivity index (χ0v) is 18.1. The quantitative estimate of drug-likeness (QED) is 0.437. The third kappa shape index (κ3) is 3.84. The summed E-state index contributed by atoms with van der Waals surface area (Å²) in [5.74, 6) is -0.299. The molecule has 3 aromatic carbocycles. The SMILES string of the molecule is COc1ccccc1C1=C(Sc2ccc(Cl)cc2)C(=O)N(c2ccc(Cl)cc2)C1=O. The lowest BCUT2D eigenvalue weighted by molar-refractivity contribution is -0.119. The number of nitrogens with zero attached hydrogens (tertiary/aromatic N) is 1. The predicted octanol–water partition coefficient (Wildman–Crippen LogP) is 6.08. The molecule has 4 nitrogen and oxygen atoms in total. The first-order valence-corrected chi connectivity index (χ1v) is 10.5. The number of anilines is 1. The molecule has 0 unspecified atom stereocenters. The van der Waals surface area contributed by atoms with Crippen LogP contribution < -0.4 is 9.64 Å². The summed E-state index contributed by atoms with van der Waals surface area (Å²) >= 11 is 13.2. The van der Waals surface area contributed by atoms with E-state index in [1.54, 1.807) is 54.6 Å². The van der Waals surface area contributed by atoms with Gasteiger partial charge in [0.25, 0.3) is 11.8 Å². The number of rotatable bonds is 5. The molecule has 3 aromatic rings. The van der Waals surface area contributed by atoms with Gasteiger partial charge < -0.3 is 4.74 Å². The summed E-state index contributed by atoms with van der Waals surface area (Å²) < 4.78 is 5.45. The van der Waals surface area contributed by atoms with Crippen molar-refractivity contribution < 1.29 is 14.3 Å². The molecule has 0 aliphatic carbocycles. The molecule has 4 rings (SSSR count). The zero-order chi connectivity index (χ0) is 21.3. The Kier molecular flexibility index (Phi) is 5.86. The third-order valence-electron chi connectivity index (χ3n) is 4.54. The van der Waals surface area contributed by atoms with Crippen LogP contribution in [0.25, 0.3) is 5.57 Å². The van der Waals surface area contributed by atoms with Crippen LogP contribution in [0.5, 0.6) is 5.75 Å². The van der Waals surface area contributed by atoms with E-state index in [1.165, 1.54) is 18.9 Å². The number of ether oxygens (including phenoxy) is 1. The Hall–Kier alpha value is -2.73. The lowest BCUT2D eigenvalue weighted by Crippen LogP contribution is -2.31. The van der Waals surface area contributed by atoms with Gasteiger partial charge in [-0.15, -0.1) is 0 Å². The third-order valence-corrected chi connectivity index (χ3v) is 6.13. The Labute approximate surface area is 188 Å². The van der Waals surface area contributed by atoms with Gasteiger partial charge >= 0.3 is 0 Å². The summed E-state index contributed by atoms with van der Waals surface area (Å²) in [6, 6.07) is 20.8. The topological polar surface area (TPSA) is 46.6 Å². The van der Waals surface area contributed by atoms with Gasteiger partial charge in [-0.1, -0.05) is 53.2 Å². The van der Waals surface area contributed by atoms with Crippen molar-refractivity contribution in [3.8, 4) is 5.75 Å². The van der Waals surface area contributed by atoms with E-state index in [-0.39, 0.29) is 0 Å². The van der Waals surface area contributed by atoms with Crippen LogP contribution in [0.1, 0.15) is 5.56 Å². The summed E-state index contributed by atoms with van der Waals surface area (Å²) in [6.07, 6.45) is 0. The number of benzene rings is 3. The number of thioether (sulfide) groups is 1. The minimum Gasteiger partial charge on any atom is -0.496 e. The van der Waals surface area contributed by atoms with Gasteiger partial charge in [0.1, 0.15) is 5.75 Å². The van der Waals surface area contributed by atoms with Crippen molar-refractivity contribution >= 4 is 58.0 Å². The second-order valence-electron chi connectivity index (χ2n) is 6.38. The van der Waals surface area contributed by atoms with E-state index >= 15 is 0 Å². The molecule has 1 aliphatic heterocycles. The summed E-state index contributed by atoms with van der Waals surface area (Å²) in [4.78, 5) is 29.1. The number of hydrogen-bond donors (Lipinski definition) is 0. The van der Waals surface area contributed by atoms with Crippen LogP contribution in [0, 0.1) is 0 Å². The molecule has 30 heavy (non-hydrogen) atoms. The Morgan fingerprint density at radius 1 is 0.800 bits per heavy atom. The highest BCUT2D eigenvalue weighted by atomic mass is 35.5. The molecular formula is C23H15Cl2NO3S. The molecule has 0 radical (unpaired) electrons. The molecule has 0 saturated carbocycles. The van der Waals surface area contributed by atoms with E-state index in [0.29, 0.717) is 37.5 Å². The van der Waals surface area contributed by atoms with Crippen molar-refractivity contribution in [1.82, 2.24) is 0 Å². The van der Waals surface area contributed by atoms with Crippen LogP contribution in [-0.2, 0) is 9.59 Å². The number of amides is 2. The van der Waals surface area contributed by atoms with E-state index in [4.69, 9.17) is 27.9 Å². The molecule has 150 valence electrons. The maximum absolute atomic E-state index is 13.4. The monoisotopic (exact) mass is 455 g/mol. The van der Waals surface area contributed by atoms with E-state index in [2.05, 4.69) is 0 Å². The maximum atomic E-state index is 13.4. The Balaban J connectivity index is 1.85. The highest BCUT2D eigenvalue weighted by Gasteiger charge is 2.41. The highest BCUT2D eigenvalue weighted by molar-refractivity contribution is 8.04. The first-order chi connectivity index (χ1) is 14.5. The average molecular weight is 456 g/mol. The molecule has 0 spiro atoms. The van der Waals surface area contributed by atoms with Crippen LogP contribution in [0.3, 0.4) is 0 Å². The first kappa shape index (κ1) is 20.5. The van der Waals surface area contributed by atoms with E-state index in [1.807, 2.05) is 18.2 Å². The Bertz CT molecular complexity index is 1160. The van der Waals surface area contributed by atoms with E-state index in [0.717, 1.165) is 9.80 Å². The number of carbonyl (C=O) groups excluding carboxylic acids is 2. The fourth-order valence-corrected chi connectivity index (χ4v) is 4.38. The molecule has 2 amide bonds. The lowest BCUT2D eigenvalue weighted by atomic mass is 10.0. The lowest BCUT2D eigenvalue weighted by Gasteiger charge is -2.15. The van der Waals surface area contributed by atoms with Gasteiger partial charge in [-0.2, -0.15) is 0 Å². The maximum Gasteiger partial charge on any atom is 0.272 e. The normalized spacial score (nSPS) is 13.9. The smallest absolute Gasteiger partial charge is 0.272 e. The fraction of sp³-hybridized carbons (Fsp3) is 0.0435. The number of methoxy groups -OCH3 is 1. The Morgan fingerprint density at radius 3 is 2.03 bits per heavy atom. The molecule has 0 fully saturated rings. The standard InChI is InChI=1S/C23H15Cl2NO3S/c1-29-19-5-3-2-4-18(19)20-21(30-17-12-8-15(25)9-13-17)23(28)26(22(20)27)16-10-6-14(24)7-11-16/h2-13H,1H3. The van der Waals surface area contributed by atoms with Gasteiger partial charge in [0.15, 0.2) is 0 Å². The van der Waals surface area contributed by atoms with Crippen molar-refractivity contribution in [3.63, 3.8) is 0 Å². The van der Waals surface area contributed by atoms with Crippen LogP contribution >= 0.6 is 35.0 Å². The van der Waals surface area contributed by atoms with Gasteiger partial charge in [0, 0.05) is 20.5 Å². The molecular weight excluding hydrogens is 441 g/mol. The van der Waals surface area contributed by atoms with Crippen LogP contribution in [0.2, 0.25) is 10.0 Å². The zero-order valence-electron chi connectivity index (χ0n) is 15.8. The number of para-hydroxylation sites is 1. The van der Waals surface area contributed by atoms with E-state index in [9.17, 15) is 9.59 Å². The number of imide groups is 1. The molecule has 0 aromatic heterocycles. The van der Waals surface area contributed by atoms with Crippen LogP contribution in [-0.4, -0.2) is 18.9 Å². The van der Waals surface area contributed by atoms with Gasteiger partial charge in [-0.05, 0) is 54.6 Å². The van der Waals surface area contributed by atoms with Gasteiger partial charge in [0.05, 0.1) is 23.3 Å². The number of hydrogen-bond acceptors (Lipinski definition) is 4. The first-order valence-electron chi connectivity index (χ1n) is 8.95. The number of halogens is 2. The van der Waals surface area contributed by atoms with Crippen molar-refractivity contribution in [2.24, 2.45) is 0 Å². The minimum atomic E-state index is -0.414. The van der Waals surface area contributed by atoms with Crippen LogP contribution in [0.15, 0.2) is 82.6 Å². The van der Waals surface area contributed by atoms with Gasteiger partial charge in [0.2, 0.25) is 0 Å². The van der Waals surface area contributed by atoms with E-state index < -0.39 is 11.8 Å². The Morgan fingerprint density at radius 2 is 1.40 bits per heavy atom. The molecule has 0 atom stereocenters. The molecule has 1 heterocycles. The molecule has 0 bridgehead atoms. The van der Waals surface area contributed by atoms with Crippen LogP contribution in [0.4, 0.5) is 5.69 Å². The predicted molar refractivity (Wildman–Crippen MR) is 121 cm³/mol. The van der Waals surface area contributed by atoms with Crippen molar-refractivity contribution in [2.75, 3.05) is 12.0 Å². The number of carbonyl (C=O) groups is 2. The largest absolute Gasteiger partial charge is 0.496 e. The summed E-state index contributed by atoms with van der Waals surface area (Å²) in [5, 5.41) is 1.11. The summed E-state index contributed by atoms with van der Waals surface area (Å²) in [5.41, 5.74) is 1.31. The van der Waals surface area contributed by atoms with Gasteiger partial charge in [-0.25, -0.2) is 4.90 Å². The second kappa shape index (κ2) is 8.56. The minimum absolute atomic E-state index is 0.298. The van der Waals surface area contributed by atoms with Crippen molar-refractivity contribution in [3.05, 3.63) is 93.3 Å². The molecule has 0 N–H and O–H groups in total. The van der Waals surface area contributed by atoms with Gasteiger partial charge in [-0.3, -0.25) is 9.59 Å². The molecule has 1 aliphatic rings. The summed E-state index contributed by atoms with van der Waals surface area (Å²) in [6.45, 7) is 0. The van der Waals surface area contributed by atoms with Crippen molar-refractivity contribution in [1.29, 1.82) is 0 Å². The summed E-state index contributed by atoms with van der Waals surface area (Å²) in [7, 11) is 1.53. The molecule has 7 heteroatoms. The van der Waals surface area contributed by atoms with Crippen molar-refractivity contribution in [2.45, 2.75) is 4.90 Å². The second-order valence-corrected chi connectivity index (χ2v) is 8.34. The fourth-order valence-electron chi connectivity index (χ4n) is 3.14. The highest BCUT2D eigenvalue weighted by Crippen LogP contribution is 2.43. The average Bonchev–Trinajstić information content (AvgIpc) is 3.00. The molecule has 0 saturated heterocycles.